The first-order chi connectivity index (χ1) is 8.33. The predicted octanol–water partition coefficient (Wildman–Crippen LogP) is 1.73. The Kier molecular flexibility index (Phi) is 4.37. The van der Waals surface area contributed by atoms with Gasteiger partial charge in [-0.1, -0.05) is 13.0 Å². The van der Waals surface area contributed by atoms with E-state index < -0.39 is 0 Å². The lowest BCUT2D eigenvalue weighted by Gasteiger charge is -2.11. The number of pyridine rings is 1. The molecule has 0 amide bonds. The van der Waals surface area contributed by atoms with Crippen LogP contribution in [0, 0.1) is 0 Å². The van der Waals surface area contributed by atoms with Crippen molar-refractivity contribution < 1.29 is 0 Å². The molecule has 0 atom stereocenters. The fourth-order valence-corrected chi connectivity index (χ4v) is 2.58. The van der Waals surface area contributed by atoms with Crippen molar-refractivity contribution in [3.8, 4) is 0 Å². The third-order valence-corrected chi connectivity index (χ3v) is 3.48. The predicted molar refractivity (Wildman–Crippen MR) is 70.5 cm³/mol. The average Bonchev–Trinajstić information content (AvgIpc) is 2.79. The summed E-state index contributed by atoms with van der Waals surface area (Å²) in [4.78, 5) is 11.8. The van der Waals surface area contributed by atoms with Crippen LogP contribution in [0.2, 0.25) is 0 Å². The van der Waals surface area contributed by atoms with Crippen LogP contribution in [-0.4, -0.2) is 17.7 Å². The summed E-state index contributed by atoms with van der Waals surface area (Å²) in [5.74, 6) is 0. The number of unbranched alkanes of at least 4 members (excludes halogenated alkanes) is 1. The third kappa shape index (κ3) is 2.97. The van der Waals surface area contributed by atoms with Crippen molar-refractivity contribution in [3.63, 3.8) is 0 Å². The first-order valence-electron chi connectivity index (χ1n) is 6.75. The molecule has 1 N–H and O–H groups in total. The number of nitrogens with one attached hydrogen (secondary N) is 1. The number of aryl methyl sites for hydroxylation is 1. The molecular weight excluding hydrogens is 212 g/mol. The summed E-state index contributed by atoms with van der Waals surface area (Å²) in [6.07, 6.45) is 5.66. The zero-order valence-electron chi connectivity index (χ0n) is 10.7. The first-order valence-corrected chi connectivity index (χ1v) is 6.75. The van der Waals surface area contributed by atoms with Gasteiger partial charge in [-0.15, -0.1) is 0 Å². The Morgan fingerprint density at radius 3 is 3.00 bits per heavy atom. The fraction of sp³-hybridized carbons (Fsp3) is 0.643. The van der Waals surface area contributed by atoms with Gasteiger partial charge in [-0.3, -0.25) is 4.79 Å². The van der Waals surface area contributed by atoms with Crippen LogP contribution in [0.4, 0.5) is 0 Å². The molecule has 1 aromatic rings. The Balaban J connectivity index is 1.96. The number of aromatic nitrogens is 1. The normalized spacial score (nSPS) is 13.9. The highest BCUT2D eigenvalue weighted by Gasteiger charge is 2.14. The van der Waals surface area contributed by atoms with Gasteiger partial charge in [0.2, 0.25) is 0 Å². The maximum Gasteiger partial charge on any atom is 0.250 e. The molecule has 17 heavy (non-hydrogen) atoms. The van der Waals surface area contributed by atoms with E-state index in [9.17, 15) is 4.79 Å². The molecule has 0 spiro atoms. The van der Waals surface area contributed by atoms with Gasteiger partial charge < -0.3 is 9.88 Å². The molecule has 0 bridgehead atoms. The van der Waals surface area contributed by atoms with Crippen molar-refractivity contribution in [2.45, 2.75) is 45.6 Å². The highest BCUT2D eigenvalue weighted by atomic mass is 16.1. The van der Waals surface area contributed by atoms with E-state index in [2.05, 4.69) is 12.2 Å². The summed E-state index contributed by atoms with van der Waals surface area (Å²) in [6, 6.07) is 3.74. The largest absolute Gasteiger partial charge is 0.317 e. The van der Waals surface area contributed by atoms with Crippen molar-refractivity contribution >= 4 is 0 Å². The summed E-state index contributed by atoms with van der Waals surface area (Å²) in [7, 11) is 0. The van der Waals surface area contributed by atoms with Gasteiger partial charge in [0.05, 0.1) is 0 Å². The van der Waals surface area contributed by atoms with Crippen LogP contribution in [-0.2, 0) is 19.4 Å². The van der Waals surface area contributed by atoms with E-state index in [1.807, 2.05) is 10.6 Å². The van der Waals surface area contributed by atoms with Crippen LogP contribution < -0.4 is 10.9 Å². The number of fused-ring (bicyclic) bond motifs is 1. The zero-order chi connectivity index (χ0) is 12.1. The van der Waals surface area contributed by atoms with Gasteiger partial charge in [0.1, 0.15) is 0 Å². The van der Waals surface area contributed by atoms with Crippen LogP contribution in [0.15, 0.2) is 16.9 Å². The lowest BCUT2D eigenvalue weighted by atomic mass is 10.2. The van der Waals surface area contributed by atoms with Crippen LogP contribution in [0.25, 0.3) is 0 Å². The van der Waals surface area contributed by atoms with Gasteiger partial charge in [0.25, 0.3) is 5.56 Å². The minimum Gasteiger partial charge on any atom is -0.317 e. The third-order valence-electron chi connectivity index (χ3n) is 3.48. The molecule has 0 unspecified atom stereocenters. The molecule has 0 fully saturated rings. The van der Waals surface area contributed by atoms with E-state index in [1.165, 1.54) is 17.7 Å². The molecule has 0 saturated heterocycles. The van der Waals surface area contributed by atoms with E-state index in [4.69, 9.17) is 0 Å². The Hall–Kier alpha value is -1.09. The highest BCUT2D eigenvalue weighted by molar-refractivity contribution is 5.25. The van der Waals surface area contributed by atoms with Crippen molar-refractivity contribution in [2.24, 2.45) is 0 Å². The SMILES string of the molecule is CCNCCCCn1c2c(ccc1=O)CCC2. The van der Waals surface area contributed by atoms with Gasteiger partial charge in [0, 0.05) is 18.3 Å². The van der Waals surface area contributed by atoms with Gasteiger partial charge in [-0.05, 0) is 50.8 Å². The molecule has 1 aliphatic rings. The minimum absolute atomic E-state index is 0.175. The van der Waals surface area contributed by atoms with Crippen molar-refractivity contribution in [1.29, 1.82) is 0 Å². The Morgan fingerprint density at radius 2 is 2.18 bits per heavy atom. The summed E-state index contributed by atoms with van der Waals surface area (Å²) in [5.41, 5.74) is 2.85. The lowest BCUT2D eigenvalue weighted by molar-refractivity contribution is 0.553. The van der Waals surface area contributed by atoms with Gasteiger partial charge in [-0.25, -0.2) is 0 Å². The van der Waals surface area contributed by atoms with E-state index in [1.54, 1.807) is 6.07 Å². The monoisotopic (exact) mass is 234 g/mol. The Morgan fingerprint density at radius 1 is 1.29 bits per heavy atom. The summed E-state index contributed by atoms with van der Waals surface area (Å²) < 4.78 is 1.99. The van der Waals surface area contributed by atoms with Crippen molar-refractivity contribution in [1.82, 2.24) is 9.88 Å². The zero-order valence-corrected chi connectivity index (χ0v) is 10.7. The number of rotatable bonds is 6. The fourth-order valence-electron chi connectivity index (χ4n) is 2.58. The molecule has 0 aliphatic heterocycles. The molecule has 0 radical (unpaired) electrons. The van der Waals surface area contributed by atoms with E-state index in [-0.39, 0.29) is 5.56 Å². The van der Waals surface area contributed by atoms with Gasteiger partial charge >= 0.3 is 0 Å². The number of nitrogens with zero attached hydrogens (tertiary/aromatic N) is 1. The maximum atomic E-state index is 11.8. The highest BCUT2D eigenvalue weighted by Crippen LogP contribution is 2.19. The number of hydrogen-bond donors (Lipinski definition) is 1. The summed E-state index contributed by atoms with van der Waals surface area (Å²) >= 11 is 0. The Labute approximate surface area is 103 Å². The second-order valence-electron chi connectivity index (χ2n) is 4.71. The lowest BCUT2D eigenvalue weighted by Crippen LogP contribution is -2.23. The van der Waals surface area contributed by atoms with Crippen LogP contribution in [0.3, 0.4) is 0 Å². The quantitative estimate of drug-likeness (QED) is 0.761. The smallest absolute Gasteiger partial charge is 0.250 e. The maximum absolute atomic E-state index is 11.8. The molecular formula is C14H22N2O. The molecule has 1 aliphatic carbocycles. The van der Waals surface area contributed by atoms with Gasteiger partial charge in [0.15, 0.2) is 0 Å². The standard InChI is InChI=1S/C14H22N2O/c1-2-15-10-3-4-11-16-13-7-5-6-12(13)8-9-14(16)17/h8-9,15H,2-7,10-11H2,1H3. The molecule has 94 valence electrons. The topological polar surface area (TPSA) is 34.0 Å². The molecule has 1 aromatic heterocycles. The minimum atomic E-state index is 0.175. The molecule has 3 heteroatoms. The first kappa shape index (κ1) is 12.4. The summed E-state index contributed by atoms with van der Waals surface area (Å²) in [6.45, 7) is 5.09. The Bertz CT molecular complexity index is 423. The van der Waals surface area contributed by atoms with Gasteiger partial charge in [-0.2, -0.15) is 0 Å². The van der Waals surface area contributed by atoms with Crippen LogP contribution in [0.5, 0.6) is 0 Å². The van der Waals surface area contributed by atoms with Crippen LogP contribution >= 0.6 is 0 Å². The molecule has 0 aromatic carbocycles. The van der Waals surface area contributed by atoms with E-state index >= 15 is 0 Å². The molecule has 3 nitrogen and oxygen atoms in total. The molecule has 2 rings (SSSR count). The van der Waals surface area contributed by atoms with Crippen molar-refractivity contribution in [3.05, 3.63) is 33.7 Å². The van der Waals surface area contributed by atoms with Crippen molar-refractivity contribution in [2.75, 3.05) is 13.1 Å². The van der Waals surface area contributed by atoms with E-state index in [0.29, 0.717) is 0 Å². The number of hydrogen-bond acceptors (Lipinski definition) is 2. The second kappa shape index (κ2) is 6.01. The molecule has 1 heterocycles. The van der Waals surface area contributed by atoms with E-state index in [0.717, 1.165) is 45.3 Å². The average molecular weight is 234 g/mol. The van der Waals surface area contributed by atoms with Crippen LogP contribution in [0.1, 0.15) is 37.4 Å². The second-order valence-corrected chi connectivity index (χ2v) is 4.71. The summed E-state index contributed by atoms with van der Waals surface area (Å²) in [5, 5.41) is 3.31. The molecule has 0 saturated carbocycles.